The van der Waals surface area contributed by atoms with Gasteiger partial charge < -0.3 is 23.7 Å². The minimum Gasteiger partial charge on any atom is -0.374 e. The lowest BCUT2D eigenvalue weighted by atomic mass is 9.99. The van der Waals surface area contributed by atoms with Crippen molar-refractivity contribution in [3.8, 4) is 0 Å². The van der Waals surface area contributed by atoms with Gasteiger partial charge in [0.15, 0.2) is 12.5 Å². The number of hydrogen-bond donors (Lipinski definition) is 0. The molecular formula is C28H31FO5. The van der Waals surface area contributed by atoms with Crippen molar-refractivity contribution in [1.82, 2.24) is 0 Å². The molecule has 3 aromatic carbocycles. The number of methoxy groups -OCH3 is 1. The minimum atomic E-state index is -1.46. The average molecular weight is 467 g/mol. The molecule has 1 fully saturated rings. The van der Waals surface area contributed by atoms with E-state index >= 15 is 4.39 Å². The fraction of sp³-hybridized carbons (Fsp3) is 0.357. The maximum absolute atomic E-state index is 15.9. The molecule has 0 radical (unpaired) electrons. The zero-order chi connectivity index (χ0) is 23.6. The summed E-state index contributed by atoms with van der Waals surface area (Å²) in [5.74, 6) is 0. The molecule has 0 N–H and O–H groups in total. The zero-order valence-corrected chi connectivity index (χ0v) is 19.3. The fourth-order valence-electron chi connectivity index (χ4n) is 3.96. The Hall–Kier alpha value is -2.61. The monoisotopic (exact) mass is 466 g/mol. The highest BCUT2D eigenvalue weighted by Crippen LogP contribution is 2.30. The molecule has 5 atom stereocenters. The Labute approximate surface area is 200 Å². The van der Waals surface area contributed by atoms with Gasteiger partial charge in [0, 0.05) is 7.11 Å². The highest BCUT2D eigenvalue weighted by atomic mass is 19.1. The average Bonchev–Trinajstić information content (AvgIpc) is 2.89. The van der Waals surface area contributed by atoms with Crippen molar-refractivity contribution in [2.75, 3.05) is 13.7 Å². The van der Waals surface area contributed by atoms with Crippen LogP contribution in [0.5, 0.6) is 0 Å². The van der Waals surface area contributed by atoms with E-state index in [9.17, 15) is 0 Å². The Morgan fingerprint density at radius 1 is 0.676 bits per heavy atom. The molecular weight excluding hydrogens is 435 g/mol. The molecule has 5 nitrogen and oxygen atoms in total. The van der Waals surface area contributed by atoms with Crippen molar-refractivity contribution in [2.45, 2.75) is 50.6 Å². The van der Waals surface area contributed by atoms with E-state index in [2.05, 4.69) is 0 Å². The Morgan fingerprint density at radius 3 is 1.65 bits per heavy atom. The summed E-state index contributed by atoms with van der Waals surface area (Å²) in [7, 11) is 1.49. The molecule has 1 saturated heterocycles. The first-order chi connectivity index (χ1) is 16.7. The maximum atomic E-state index is 15.9. The molecule has 0 aliphatic carbocycles. The number of alkyl halides is 1. The topological polar surface area (TPSA) is 46.2 Å². The van der Waals surface area contributed by atoms with Gasteiger partial charge in [-0.2, -0.15) is 0 Å². The third kappa shape index (κ3) is 6.72. The van der Waals surface area contributed by atoms with Crippen LogP contribution in [-0.4, -0.2) is 44.5 Å². The molecule has 3 aromatic rings. The van der Waals surface area contributed by atoms with Crippen LogP contribution in [-0.2, 0) is 43.5 Å². The van der Waals surface area contributed by atoms with E-state index in [1.807, 2.05) is 91.0 Å². The van der Waals surface area contributed by atoms with Crippen molar-refractivity contribution in [3.63, 3.8) is 0 Å². The van der Waals surface area contributed by atoms with E-state index in [1.54, 1.807) is 0 Å². The Morgan fingerprint density at radius 2 is 1.15 bits per heavy atom. The summed E-state index contributed by atoms with van der Waals surface area (Å²) < 4.78 is 45.3. The van der Waals surface area contributed by atoms with E-state index in [-0.39, 0.29) is 19.8 Å². The molecule has 0 saturated carbocycles. The number of rotatable bonds is 11. The largest absolute Gasteiger partial charge is 0.374 e. The van der Waals surface area contributed by atoms with Crippen molar-refractivity contribution < 1.29 is 28.1 Å². The molecule has 34 heavy (non-hydrogen) atoms. The second-order valence-corrected chi connectivity index (χ2v) is 8.25. The molecule has 1 aliphatic rings. The number of halogens is 1. The van der Waals surface area contributed by atoms with Gasteiger partial charge in [-0.1, -0.05) is 91.0 Å². The molecule has 0 spiro atoms. The second kappa shape index (κ2) is 12.7. The van der Waals surface area contributed by atoms with E-state index in [0.717, 1.165) is 16.7 Å². The summed E-state index contributed by atoms with van der Waals surface area (Å²) in [6, 6.07) is 29.1. The molecule has 1 aliphatic heterocycles. The Bertz CT molecular complexity index is 954. The normalized spacial score (nSPS) is 24.7. The van der Waals surface area contributed by atoms with Gasteiger partial charge in [0.05, 0.1) is 26.4 Å². The summed E-state index contributed by atoms with van der Waals surface area (Å²) in [5, 5.41) is 0. The molecule has 0 amide bonds. The molecule has 0 bridgehead atoms. The first-order valence-electron chi connectivity index (χ1n) is 11.5. The van der Waals surface area contributed by atoms with Crippen molar-refractivity contribution in [3.05, 3.63) is 108 Å². The predicted octanol–water partition coefficient (Wildman–Crippen LogP) is 5.08. The van der Waals surface area contributed by atoms with Gasteiger partial charge in [-0.15, -0.1) is 0 Å². The van der Waals surface area contributed by atoms with Gasteiger partial charge in [-0.3, -0.25) is 0 Å². The van der Waals surface area contributed by atoms with E-state index in [4.69, 9.17) is 23.7 Å². The third-order valence-electron chi connectivity index (χ3n) is 5.77. The van der Waals surface area contributed by atoms with Crippen LogP contribution in [0, 0.1) is 0 Å². The Balaban J connectivity index is 1.44. The van der Waals surface area contributed by atoms with Crippen LogP contribution in [0.4, 0.5) is 4.39 Å². The summed E-state index contributed by atoms with van der Waals surface area (Å²) in [5.41, 5.74) is 2.93. The van der Waals surface area contributed by atoms with Crippen molar-refractivity contribution >= 4 is 0 Å². The number of hydrogen-bond acceptors (Lipinski definition) is 5. The van der Waals surface area contributed by atoms with Crippen LogP contribution >= 0.6 is 0 Å². The van der Waals surface area contributed by atoms with Crippen LogP contribution < -0.4 is 0 Å². The lowest BCUT2D eigenvalue weighted by Crippen LogP contribution is -2.59. The molecule has 0 unspecified atom stereocenters. The second-order valence-electron chi connectivity index (χ2n) is 8.25. The van der Waals surface area contributed by atoms with Crippen LogP contribution in [0.3, 0.4) is 0 Å². The molecule has 1 heterocycles. The van der Waals surface area contributed by atoms with Gasteiger partial charge in [0.1, 0.15) is 18.3 Å². The summed E-state index contributed by atoms with van der Waals surface area (Å²) in [6.07, 6.45) is -4.79. The lowest BCUT2D eigenvalue weighted by Gasteiger charge is -2.42. The smallest absolute Gasteiger partial charge is 0.186 e. The maximum Gasteiger partial charge on any atom is 0.186 e. The summed E-state index contributed by atoms with van der Waals surface area (Å²) >= 11 is 0. The first-order valence-corrected chi connectivity index (χ1v) is 11.5. The number of benzene rings is 3. The predicted molar refractivity (Wildman–Crippen MR) is 127 cm³/mol. The van der Waals surface area contributed by atoms with Crippen LogP contribution in [0.1, 0.15) is 16.7 Å². The number of ether oxygens (including phenoxy) is 5. The van der Waals surface area contributed by atoms with Crippen LogP contribution in [0.15, 0.2) is 91.0 Å². The van der Waals surface area contributed by atoms with Gasteiger partial charge in [0.25, 0.3) is 0 Å². The van der Waals surface area contributed by atoms with Gasteiger partial charge in [0.2, 0.25) is 0 Å². The van der Waals surface area contributed by atoms with Crippen molar-refractivity contribution in [2.24, 2.45) is 0 Å². The summed E-state index contributed by atoms with van der Waals surface area (Å²) in [4.78, 5) is 0. The van der Waals surface area contributed by atoms with Crippen LogP contribution in [0.25, 0.3) is 0 Å². The van der Waals surface area contributed by atoms with Crippen LogP contribution in [0.2, 0.25) is 0 Å². The SMILES string of the molecule is CO[C@@H]1O[C@H](COCc2ccccc2)[C@@H](OCc2ccccc2)[C@@H](F)[C@H]1OCc1ccccc1. The van der Waals surface area contributed by atoms with E-state index in [0.29, 0.717) is 6.61 Å². The lowest BCUT2D eigenvalue weighted by molar-refractivity contribution is -0.304. The standard InChI is InChI=1S/C28H31FO5/c1-30-28-27(33-19-23-15-9-4-10-16-23)25(29)26(32-18-22-13-7-3-8-14-22)24(34-28)20-31-17-21-11-5-2-6-12-21/h2-16,24-28H,17-20H2,1H3/t24-,25-,26-,27-,28-/m1/s1. The highest BCUT2D eigenvalue weighted by Gasteiger charge is 2.48. The van der Waals surface area contributed by atoms with E-state index in [1.165, 1.54) is 7.11 Å². The molecule has 4 rings (SSSR count). The molecule has 0 aromatic heterocycles. The minimum absolute atomic E-state index is 0.167. The summed E-state index contributed by atoms with van der Waals surface area (Å²) in [6.45, 7) is 1.07. The van der Waals surface area contributed by atoms with Gasteiger partial charge in [-0.25, -0.2) is 4.39 Å². The molecule has 180 valence electrons. The van der Waals surface area contributed by atoms with Crippen molar-refractivity contribution in [1.29, 1.82) is 0 Å². The van der Waals surface area contributed by atoms with E-state index < -0.39 is 30.8 Å². The zero-order valence-electron chi connectivity index (χ0n) is 19.3. The highest BCUT2D eigenvalue weighted by molar-refractivity contribution is 5.15. The quantitative estimate of drug-likeness (QED) is 0.394. The molecule has 6 heteroatoms. The Kier molecular flexibility index (Phi) is 9.19. The third-order valence-corrected chi connectivity index (χ3v) is 5.77. The van der Waals surface area contributed by atoms with Gasteiger partial charge in [-0.05, 0) is 16.7 Å². The fourth-order valence-corrected chi connectivity index (χ4v) is 3.96. The van der Waals surface area contributed by atoms with Gasteiger partial charge >= 0.3 is 0 Å². The first kappa shape index (κ1) is 24.5.